The van der Waals surface area contributed by atoms with E-state index in [2.05, 4.69) is 15.3 Å². The molecule has 0 radical (unpaired) electrons. The van der Waals surface area contributed by atoms with Crippen LogP contribution in [0, 0.1) is 6.92 Å². The average Bonchev–Trinajstić information content (AvgIpc) is 3.00. The van der Waals surface area contributed by atoms with Crippen LogP contribution in [-0.4, -0.2) is 27.0 Å². The lowest BCUT2D eigenvalue weighted by molar-refractivity contribution is 0.0697. The summed E-state index contributed by atoms with van der Waals surface area (Å²) in [5.41, 5.74) is 1.82. The number of aryl methyl sites for hydroxylation is 1. The van der Waals surface area contributed by atoms with E-state index in [0.717, 1.165) is 10.9 Å². The summed E-state index contributed by atoms with van der Waals surface area (Å²) in [4.78, 5) is 32.4. The Morgan fingerprint density at radius 1 is 1.25 bits per heavy atom. The van der Waals surface area contributed by atoms with Gasteiger partial charge in [-0.1, -0.05) is 11.6 Å². The maximum absolute atomic E-state index is 12.6. The number of carboxylic acids is 1. The van der Waals surface area contributed by atoms with Gasteiger partial charge in [0.05, 0.1) is 22.6 Å². The third-order valence-electron chi connectivity index (χ3n) is 4.34. The molecule has 8 heteroatoms. The molecular formula is C20H14ClN3O4. The van der Waals surface area contributed by atoms with Gasteiger partial charge in [-0.2, -0.15) is 0 Å². The number of carbonyl (C=O) groups excluding carboxylic acids is 1. The molecular weight excluding hydrogens is 382 g/mol. The fraction of sp³-hybridized carbons (Fsp3) is 0.100. The predicted molar refractivity (Wildman–Crippen MR) is 104 cm³/mol. The predicted octanol–water partition coefficient (Wildman–Crippen LogP) is 3.97. The first kappa shape index (κ1) is 17.9. The second kappa shape index (κ2) is 6.94. The highest BCUT2D eigenvalue weighted by Gasteiger charge is 2.20. The first-order valence-corrected chi connectivity index (χ1v) is 8.75. The number of carboxylic acid groups (broad SMARTS) is 1. The topological polar surface area (TPSA) is 105 Å². The molecule has 140 valence electrons. The highest BCUT2D eigenvalue weighted by atomic mass is 35.5. The molecule has 1 amide bonds. The number of furan rings is 1. The van der Waals surface area contributed by atoms with Crippen LogP contribution < -0.4 is 5.32 Å². The Bertz CT molecular complexity index is 1240. The number of hydrogen-bond donors (Lipinski definition) is 2. The van der Waals surface area contributed by atoms with Crippen molar-refractivity contribution >= 4 is 45.3 Å². The molecule has 2 N–H and O–H groups in total. The summed E-state index contributed by atoms with van der Waals surface area (Å²) < 4.78 is 5.66. The zero-order valence-corrected chi connectivity index (χ0v) is 15.4. The summed E-state index contributed by atoms with van der Waals surface area (Å²) >= 11 is 6.37. The van der Waals surface area contributed by atoms with E-state index < -0.39 is 5.97 Å². The molecule has 7 nitrogen and oxygen atoms in total. The Hall–Kier alpha value is -3.45. The standard InChI is InChI=1S/C20H14ClN3O4/c1-10-5-12-16(21)15(28-18(12)13(6-10)20(26)27)9-24-19(25)14-8-22-7-11-3-2-4-23-17(11)14/h2-8H,9H2,1H3,(H,24,25)(H,26,27). The van der Waals surface area contributed by atoms with Crippen molar-refractivity contribution in [2.75, 3.05) is 0 Å². The third-order valence-corrected chi connectivity index (χ3v) is 4.75. The maximum Gasteiger partial charge on any atom is 0.339 e. The highest BCUT2D eigenvalue weighted by Crippen LogP contribution is 2.33. The van der Waals surface area contributed by atoms with Crippen molar-refractivity contribution in [1.82, 2.24) is 15.3 Å². The van der Waals surface area contributed by atoms with E-state index in [1.54, 1.807) is 31.5 Å². The van der Waals surface area contributed by atoms with E-state index in [-0.39, 0.29) is 34.4 Å². The number of rotatable bonds is 4. The van der Waals surface area contributed by atoms with Crippen molar-refractivity contribution in [2.24, 2.45) is 0 Å². The Morgan fingerprint density at radius 3 is 2.86 bits per heavy atom. The van der Waals surface area contributed by atoms with E-state index >= 15 is 0 Å². The maximum atomic E-state index is 12.6. The normalized spacial score (nSPS) is 11.1. The molecule has 28 heavy (non-hydrogen) atoms. The van der Waals surface area contributed by atoms with Gasteiger partial charge in [-0.05, 0) is 36.8 Å². The number of nitrogens with one attached hydrogen (secondary N) is 1. The molecule has 1 aromatic carbocycles. The lowest BCUT2D eigenvalue weighted by atomic mass is 10.1. The van der Waals surface area contributed by atoms with Crippen molar-refractivity contribution in [3.05, 3.63) is 70.3 Å². The molecule has 4 aromatic rings. The highest BCUT2D eigenvalue weighted by molar-refractivity contribution is 6.36. The molecule has 0 aliphatic rings. The number of aromatic carboxylic acids is 1. The molecule has 0 bridgehead atoms. The number of hydrogen-bond acceptors (Lipinski definition) is 5. The Kier molecular flexibility index (Phi) is 4.44. The first-order chi connectivity index (χ1) is 13.5. The van der Waals surface area contributed by atoms with E-state index in [0.29, 0.717) is 16.5 Å². The first-order valence-electron chi connectivity index (χ1n) is 8.37. The minimum Gasteiger partial charge on any atom is -0.478 e. The van der Waals surface area contributed by atoms with Gasteiger partial charge in [-0.25, -0.2) is 4.79 Å². The second-order valence-electron chi connectivity index (χ2n) is 6.28. The van der Waals surface area contributed by atoms with Crippen molar-refractivity contribution in [3.63, 3.8) is 0 Å². The van der Waals surface area contributed by atoms with Crippen LogP contribution in [0.5, 0.6) is 0 Å². The van der Waals surface area contributed by atoms with Gasteiger partial charge in [0.25, 0.3) is 5.91 Å². The van der Waals surface area contributed by atoms with Crippen molar-refractivity contribution in [1.29, 1.82) is 0 Å². The summed E-state index contributed by atoms with van der Waals surface area (Å²) in [5.74, 6) is -1.22. The second-order valence-corrected chi connectivity index (χ2v) is 6.66. The van der Waals surface area contributed by atoms with Gasteiger partial charge in [0.15, 0.2) is 5.58 Å². The fourth-order valence-electron chi connectivity index (χ4n) is 3.06. The van der Waals surface area contributed by atoms with Gasteiger partial charge in [0.2, 0.25) is 0 Å². The molecule has 0 fully saturated rings. The van der Waals surface area contributed by atoms with Crippen LogP contribution in [0.4, 0.5) is 0 Å². The van der Waals surface area contributed by atoms with Gasteiger partial charge < -0.3 is 14.8 Å². The number of benzene rings is 1. The van der Waals surface area contributed by atoms with Gasteiger partial charge >= 0.3 is 5.97 Å². The molecule has 0 aliphatic carbocycles. The average molecular weight is 396 g/mol. The smallest absolute Gasteiger partial charge is 0.339 e. The minimum absolute atomic E-state index is 0.00628. The summed E-state index contributed by atoms with van der Waals surface area (Å²) in [6.07, 6.45) is 4.67. The molecule has 0 spiro atoms. The third kappa shape index (κ3) is 3.05. The Balaban J connectivity index is 1.65. The molecule has 0 saturated heterocycles. The summed E-state index contributed by atoms with van der Waals surface area (Å²) in [5, 5.41) is 13.6. The van der Waals surface area contributed by atoms with Crippen molar-refractivity contribution in [2.45, 2.75) is 13.5 Å². The number of aromatic nitrogens is 2. The largest absolute Gasteiger partial charge is 0.478 e. The summed E-state index contributed by atoms with van der Waals surface area (Å²) in [6, 6.07) is 6.84. The zero-order valence-electron chi connectivity index (χ0n) is 14.7. The number of fused-ring (bicyclic) bond motifs is 2. The number of halogens is 1. The monoisotopic (exact) mass is 395 g/mol. The number of pyridine rings is 2. The lowest BCUT2D eigenvalue weighted by Crippen LogP contribution is -2.23. The van der Waals surface area contributed by atoms with Gasteiger partial charge in [0, 0.05) is 29.4 Å². The molecule has 0 saturated carbocycles. The fourth-order valence-corrected chi connectivity index (χ4v) is 3.30. The van der Waals surface area contributed by atoms with Crippen LogP contribution in [0.2, 0.25) is 5.02 Å². The summed E-state index contributed by atoms with van der Waals surface area (Å²) in [7, 11) is 0. The quantitative estimate of drug-likeness (QED) is 0.541. The van der Waals surface area contributed by atoms with Crippen molar-refractivity contribution < 1.29 is 19.1 Å². The Labute approximate surface area is 164 Å². The van der Waals surface area contributed by atoms with Crippen LogP contribution >= 0.6 is 11.6 Å². The van der Waals surface area contributed by atoms with Crippen LogP contribution in [0.3, 0.4) is 0 Å². The zero-order chi connectivity index (χ0) is 19.8. The molecule has 0 unspecified atom stereocenters. The van der Waals surface area contributed by atoms with Crippen LogP contribution in [0.25, 0.3) is 21.9 Å². The van der Waals surface area contributed by atoms with Crippen LogP contribution in [0.15, 0.2) is 47.3 Å². The van der Waals surface area contributed by atoms with E-state index in [1.807, 2.05) is 6.07 Å². The molecule has 3 aromatic heterocycles. The molecule has 3 heterocycles. The number of carbonyl (C=O) groups is 2. The number of nitrogens with zero attached hydrogens (tertiary/aromatic N) is 2. The lowest BCUT2D eigenvalue weighted by Gasteiger charge is -2.06. The van der Waals surface area contributed by atoms with Crippen molar-refractivity contribution in [3.8, 4) is 0 Å². The molecule has 4 rings (SSSR count). The van der Waals surface area contributed by atoms with Gasteiger partial charge in [-0.3, -0.25) is 14.8 Å². The SMILES string of the molecule is Cc1cc(C(=O)O)c2oc(CNC(=O)c3cncc4cccnc34)c(Cl)c2c1. The van der Waals surface area contributed by atoms with E-state index in [4.69, 9.17) is 16.0 Å². The van der Waals surface area contributed by atoms with E-state index in [1.165, 1.54) is 12.3 Å². The molecule has 0 aliphatic heterocycles. The van der Waals surface area contributed by atoms with Gasteiger partial charge in [-0.15, -0.1) is 0 Å². The van der Waals surface area contributed by atoms with Crippen LogP contribution in [0.1, 0.15) is 32.0 Å². The Morgan fingerprint density at radius 2 is 2.07 bits per heavy atom. The van der Waals surface area contributed by atoms with E-state index in [9.17, 15) is 14.7 Å². The number of amides is 1. The summed E-state index contributed by atoms with van der Waals surface area (Å²) in [6.45, 7) is 1.77. The minimum atomic E-state index is -1.11. The van der Waals surface area contributed by atoms with Crippen LogP contribution in [-0.2, 0) is 6.54 Å². The molecule has 0 atom stereocenters. The van der Waals surface area contributed by atoms with Gasteiger partial charge in [0.1, 0.15) is 11.3 Å².